The predicted molar refractivity (Wildman–Crippen MR) is 95.3 cm³/mol. The van der Waals surface area contributed by atoms with Crippen LogP contribution in [0.25, 0.3) is 0 Å². The Morgan fingerprint density at radius 2 is 1.89 bits per heavy atom. The van der Waals surface area contributed by atoms with Crippen LogP contribution >= 0.6 is 0 Å². The van der Waals surface area contributed by atoms with E-state index in [0.717, 1.165) is 0 Å². The summed E-state index contributed by atoms with van der Waals surface area (Å²) in [5.74, 6) is 0.176. The lowest BCUT2D eigenvalue weighted by Gasteiger charge is -2.34. The monoisotopic (exact) mass is 395 g/mol. The van der Waals surface area contributed by atoms with E-state index in [1.165, 1.54) is 28.4 Å². The number of phenols is 1. The smallest absolute Gasteiger partial charge is 0.257 e. The van der Waals surface area contributed by atoms with Gasteiger partial charge in [-0.25, -0.2) is 8.42 Å². The van der Waals surface area contributed by atoms with Gasteiger partial charge < -0.3 is 19.3 Å². The first-order valence-electron chi connectivity index (χ1n) is 8.35. The molecule has 1 N–H and O–H groups in total. The van der Waals surface area contributed by atoms with Gasteiger partial charge in [0, 0.05) is 26.2 Å². The van der Waals surface area contributed by atoms with E-state index in [1.54, 1.807) is 19.9 Å². The minimum atomic E-state index is -3.74. The summed E-state index contributed by atoms with van der Waals surface area (Å²) in [5.41, 5.74) is 0.434. The number of rotatable bonds is 4. The molecule has 1 aliphatic heterocycles. The molecule has 10 heteroatoms. The van der Waals surface area contributed by atoms with Gasteiger partial charge in [0.25, 0.3) is 5.91 Å². The summed E-state index contributed by atoms with van der Waals surface area (Å²) in [6, 6.07) is 4.41. The van der Waals surface area contributed by atoms with Gasteiger partial charge >= 0.3 is 0 Å². The largest absolute Gasteiger partial charge is 0.507 e. The second-order valence-electron chi connectivity index (χ2n) is 6.23. The standard InChI is InChI=1S/C17H21N3O6S/c1-11-16(12(2)26-18-11)27(23,24)20-8-6-19(7-9-20)17(22)14-10-13(25-3)4-5-15(14)21/h4-5,10,21H,6-9H2,1-3H3. The van der Waals surface area contributed by atoms with E-state index >= 15 is 0 Å². The Hall–Kier alpha value is -2.59. The van der Waals surface area contributed by atoms with E-state index in [2.05, 4.69) is 5.16 Å². The fourth-order valence-electron chi connectivity index (χ4n) is 3.09. The van der Waals surface area contributed by atoms with E-state index in [-0.39, 0.29) is 54.1 Å². The van der Waals surface area contributed by atoms with Crippen molar-refractivity contribution in [1.82, 2.24) is 14.4 Å². The van der Waals surface area contributed by atoms with Crippen LogP contribution in [0.1, 0.15) is 21.8 Å². The molecule has 0 saturated carbocycles. The van der Waals surface area contributed by atoms with E-state index in [0.29, 0.717) is 11.4 Å². The van der Waals surface area contributed by atoms with Crippen LogP contribution in [-0.4, -0.2) is 67.1 Å². The molecule has 0 spiro atoms. The normalized spacial score (nSPS) is 15.7. The van der Waals surface area contributed by atoms with Crippen molar-refractivity contribution in [2.45, 2.75) is 18.7 Å². The lowest BCUT2D eigenvalue weighted by Crippen LogP contribution is -2.50. The van der Waals surface area contributed by atoms with Gasteiger partial charge in [0.1, 0.15) is 22.1 Å². The van der Waals surface area contributed by atoms with Crippen molar-refractivity contribution in [3.8, 4) is 11.5 Å². The molecule has 9 nitrogen and oxygen atoms in total. The number of sulfonamides is 1. The Bertz CT molecular complexity index is 942. The number of aromatic hydroxyl groups is 1. The molecular formula is C17H21N3O6S. The molecule has 1 aromatic heterocycles. The van der Waals surface area contributed by atoms with Crippen LogP contribution in [0, 0.1) is 13.8 Å². The number of amides is 1. The van der Waals surface area contributed by atoms with Crippen molar-refractivity contribution in [3.05, 3.63) is 35.2 Å². The zero-order valence-electron chi connectivity index (χ0n) is 15.3. The molecule has 2 heterocycles. The van der Waals surface area contributed by atoms with E-state index < -0.39 is 10.0 Å². The van der Waals surface area contributed by atoms with Gasteiger partial charge in [0.2, 0.25) is 10.0 Å². The Morgan fingerprint density at radius 1 is 1.22 bits per heavy atom. The highest BCUT2D eigenvalue weighted by Crippen LogP contribution is 2.27. The van der Waals surface area contributed by atoms with Gasteiger partial charge in [-0.05, 0) is 32.0 Å². The van der Waals surface area contributed by atoms with Crippen LogP contribution in [0.4, 0.5) is 0 Å². The molecule has 0 atom stereocenters. The summed E-state index contributed by atoms with van der Waals surface area (Å²) < 4.78 is 37.0. The highest BCUT2D eigenvalue weighted by atomic mass is 32.2. The Labute approximate surface area is 157 Å². The SMILES string of the molecule is COc1ccc(O)c(C(=O)N2CCN(S(=O)(=O)c3c(C)noc3C)CC2)c1. The summed E-state index contributed by atoms with van der Waals surface area (Å²) in [5, 5.41) is 13.7. The van der Waals surface area contributed by atoms with Crippen molar-refractivity contribution >= 4 is 15.9 Å². The molecule has 1 fully saturated rings. The number of phenolic OH excluding ortho intramolecular Hbond substituents is 1. The third kappa shape index (κ3) is 3.50. The number of carbonyl (C=O) groups excluding carboxylic acids is 1. The minimum Gasteiger partial charge on any atom is -0.507 e. The Kier molecular flexibility index (Phi) is 5.11. The van der Waals surface area contributed by atoms with Crippen LogP contribution in [-0.2, 0) is 10.0 Å². The maximum absolute atomic E-state index is 12.8. The van der Waals surface area contributed by atoms with Crippen LogP contribution < -0.4 is 4.74 Å². The molecule has 27 heavy (non-hydrogen) atoms. The fraction of sp³-hybridized carbons (Fsp3) is 0.412. The number of carbonyl (C=O) groups is 1. The van der Waals surface area contributed by atoms with Crippen LogP contribution in [0.15, 0.2) is 27.6 Å². The zero-order valence-corrected chi connectivity index (χ0v) is 16.1. The Balaban J connectivity index is 1.75. The fourth-order valence-corrected chi connectivity index (χ4v) is 4.80. The molecule has 2 aromatic rings. The molecule has 146 valence electrons. The number of aryl methyl sites for hydroxylation is 2. The van der Waals surface area contributed by atoms with Crippen molar-refractivity contribution in [2.75, 3.05) is 33.3 Å². The summed E-state index contributed by atoms with van der Waals surface area (Å²) in [7, 11) is -2.27. The first-order chi connectivity index (χ1) is 12.8. The van der Waals surface area contributed by atoms with E-state index in [1.807, 2.05) is 0 Å². The predicted octanol–water partition coefficient (Wildman–Crippen LogP) is 1.15. The highest BCUT2D eigenvalue weighted by Gasteiger charge is 2.34. The molecule has 0 aliphatic carbocycles. The number of aromatic nitrogens is 1. The number of hydrogen-bond donors (Lipinski definition) is 1. The molecule has 3 rings (SSSR count). The summed E-state index contributed by atoms with van der Waals surface area (Å²) in [6.07, 6.45) is 0. The molecule has 1 saturated heterocycles. The maximum Gasteiger partial charge on any atom is 0.257 e. The molecule has 0 unspecified atom stereocenters. The topological polar surface area (TPSA) is 113 Å². The van der Waals surface area contributed by atoms with Gasteiger partial charge in [0.15, 0.2) is 5.76 Å². The van der Waals surface area contributed by atoms with E-state index in [4.69, 9.17) is 9.26 Å². The number of nitrogens with zero attached hydrogens (tertiary/aromatic N) is 3. The van der Waals surface area contributed by atoms with Crippen LogP contribution in [0.3, 0.4) is 0 Å². The lowest BCUT2D eigenvalue weighted by atomic mass is 10.1. The number of piperazine rings is 1. The van der Waals surface area contributed by atoms with Crippen LogP contribution in [0.2, 0.25) is 0 Å². The summed E-state index contributed by atoms with van der Waals surface area (Å²) in [6.45, 7) is 3.83. The minimum absolute atomic E-state index is 0.0766. The first kappa shape index (κ1) is 19.2. The third-order valence-electron chi connectivity index (χ3n) is 4.53. The number of benzene rings is 1. The first-order valence-corrected chi connectivity index (χ1v) is 9.79. The highest BCUT2D eigenvalue weighted by molar-refractivity contribution is 7.89. The average molecular weight is 395 g/mol. The molecular weight excluding hydrogens is 374 g/mol. The molecule has 1 amide bonds. The van der Waals surface area contributed by atoms with Gasteiger partial charge in [-0.1, -0.05) is 5.16 Å². The lowest BCUT2D eigenvalue weighted by molar-refractivity contribution is 0.0694. The van der Waals surface area contributed by atoms with Gasteiger partial charge in [-0.3, -0.25) is 4.79 Å². The van der Waals surface area contributed by atoms with Crippen LogP contribution in [0.5, 0.6) is 11.5 Å². The average Bonchev–Trinajstić information content (AvgIpc) is 3.00. The molecule has 1 aliphatic rings. The van der Waals surface area contributed by atoms with E-state index in [9.17, 15) is 18.3 Å². The number of ether oxygens (including phenoxy) is 1. The molecule has 0 bridgehead atoms. The van der Waals surface area contributed by atoms with Gasteiger partial charge in [-0.15, -0.1) is 0 Å². The number of hydrogen-bond acceptors (Lipinski definition) is 7. The summed E-state index contributed by atoms with van der Waals surface area (Å²) in [4.78, 5) is 14.3. The zero-order chi connectivity index (χ0) is 19.8. The summed E-state index contributed by atoms with van der Waals surface area (Å²) >= 11 is 0. The van der Waals surface area contributed by atoms with Crippen molar-refractivity contribution in [1.29, 1.82) is 0 Å². The Morgan fingerprint density at radius 3 is 2.44 bits per heavy atom. The quantitative estimate of drug-likeness (QED) is 0.826. The number of methoxy groups -OCH3 is 1. The second-order valence-corrected chi connectivity index (χ2v) is 8.11. The molecule has 1 aromatic carbocycles. The maximum atomic E-state index is 12.8. The second kappa shape index (κ2) is 7.20. The van der Waals surface area contributed by atoms with Gasteiger partial charge in [0.05, 0.1) is 12.7 Å². The van der Waals surface area contributed by atoms with Crippen molar-refractivity contribution in [3.63, 3.8) is 0 Å². The third-order valence-corrected chi connectivity index (χ3v) is 6.67. The van der Waals surface area contributed by atoms with Crippen molar-refractivity contribution in [2.24, 2.45) is 0 Å². The van der Waals surface area contributed by atoms with Gasteiger partial charge in [-0.2, -0.15) is 4.31 Å². The van der Waals surface area contributed by atoms with Crippen molar-refractivity contribution < 1.29 is 27.6 Å². The molecule has 0 radical (unpaired) electrons.